The van der Waals surface area contributed by atoms with Crippen LogP contribution < -0.4 is 10.2 Å². The van der Waals surface area contributed by atoms with Gasteiger partial charge in [-0.2, -0.15) is 0 Å². The highest BCUT2D eigenvalue weighted by Gasteiger charge is 2.24. The van der Waals surface area contributed by atoms with Crippen LogP contribution in [0.2, 0.25) is 0 Å². The number of rotatable bonds is 6. The number of hydrogen-bond donors (Lipinski definition) is 1. The normalized spacial score (nSPS) is 18.8. The zero-order valence-electron chi connectivity index (χ0n) is 17.1. The number of carbonyl (C=O) groups excluding carboxylic acids is 1. The second-order valence-corrected chi connectivity index (χ2v) is 7.76. The number of ether oxygens (including phenoxy) is 1. The van der Waals surface area contributed by atoms with E-state index in [1.165, 1.54) is 30.3 Å². The number of nitro benzene ring substituents is 1. The maximum absolute atomic E-state index is 13.1. The van der Waals surface area contributed by atoms with Crippen LogP contribution >= 0.6 is 0 Å². The lowest BCUT2D eigenvalue weighted by Gasteiger charge is -2.36. The van der Waals surface area contributed by atoms with E-state index in [1.54, 1.807) is 17.0 Å². The molecule has 2 aromatic carbocycles. The molecule has 1 atom stereocenters. The topological polar surface area (TPSA) is 88.0 Å². The molecule has 0 aliphatic carbocycles. The average Bonchev–Trinajstić information content (AvgIpc) is 3.31. The van der Waals surface area contributed by atoms with E-state index in [9.17, 15) is 19.3 Å². The Hall–Kier alpha value is -3.20. The van der Waals surface area contributed by atoms with E-state index in [2.05, 4.69) is 10.2 Å². The molecule has 0 unspecified atom stereocenters. The van der Waals surface area contributed by atoms with Crippen molar-refractivity contribution >= 4 is 23.0 Å². The summed E-state index contributed by atoms with van der Waals surface area (Å²) in [6.45, 7) is 3.52. The number of amides is 1. The molecule has 2 heterocycles. The minimum atomic E-state index is -0.388. The number of anilines is 2. The monoisotopic (exact) mass is 428 g/mol. The summed E-state index contributed by atoms with van der Waals surface area (Å²) in [5, 5.41) is 14.6. The van der Waals surface area contributed by atoms with Crippen molar-refractivity contribution in [1.82, 2.24) is 4.90 Å². The van der Waals surface area contributed by atoms with Gasteiger partial charge in [0.25, 0.3) is 11.6 Å². The third kappa shape index (κ3) is 4.93. The largest absolute Gasteiger partial charge is 0.377 e. The van der Waals surface area contributed by atoms with Gasteiger partial charge >= 0.3 is 0 Å². The molecule has 2 aliphatic heterocycles. The molecule has 0 radical (unpaired) electrons. The number of hydrogen-bond acceptors (Lipinski definition) is 6. The Morgan fingerprint density at radius 1 is 1.16 bits per heavy atom. The Morgan fingerprint density at radius 2 is 1.90 bits per heavy atom. The van der Waals surface area contributed by atoms with Crippen LogP contribution in [0.15, 0.2) is 42.5 Å². The molecular weight excluding hydrogens is 403 g/mol. The van der Waals surface area contributed by atoms with Crippen LogP contribution in [0.5, 0.6) is 0 Å². The molecule has 8 nitrogen and oxygen atoms in total. The quantitative estimate of drug-likeness (QED) is 0.561. The van der Waals surface area contributed by atoms with Gasteiger partial charge in [0.1, 0.15) is 11.5 Å². The maximum Gasteiger partial charge on any atom is 0.292 e. The molecule has 9 heteroatoms. The van der Waals surface area contributed by atoms with E-state index in [1.807, 2.05) is 0 Å². The number of nitro groups is 1. The van der Waals surface area contributed by atoms with Gasteiger partial charge in [0.15, 0.2) is 0 Å². The van der Waals surface area contributed by atoms with Crippen molar-refractivity contribution in [2.45, 2.75) is 18.9 Å². The third-order valence-corrected chi connectivity index (χ3v) is 5.74. The molecule has 0 aromatic heterocycles. The smallest absolute Gasteiger partial charge is 0.292 e. The summed E-state index contributed by atoms with van der Waals surface area (Å²) in [5.74, 6) is -0.495. The molecule has 2 fully saturated rings. The first-order valence-electron chi connectivity index (χ1n) is 10.4. The van der Waals surface area contributed by atoms with Gasteiger partial charge < -0.3 is 19.9 Å². The van der Waals surface area contributed by atoms with Crippen molar-refractivity contribution in [3.8, 4) is 0 Å². The second kappa shape index (κ2) is 9.30. The molecule has 0 spiro atoms. The first-order chi connectivity index (χ1) is 15.0. The first kappa shape index (κ1) is 21.0. The lowest BCUT2D eigenvalue weighted by atomic mass is 10.1. The predicted octanol–water partition coefficient (Wildman–Crippen LogP) is 3.29. The molecule has 1 amide bonds. The van der Waals surface area contributed by atoms with E-state index in [0.29, 0.717) is 44.0 Å². The molecule has 31 heavy (non-hydrogen) atoms. The van der Waals surface area contributed by atoms with Gasteiger partial charge in [-0.1, -0.05) is 0 Å². The van der Waals surface area contributed by atoms with Crippen molar-refractivity contribution in [2.24, 2.45) is 0 Å². The van der Waals surface area contributed by atoms with Crippen LogP contribution in [0.1, 0.15) is 23.2 Å². The standard InChI is InChI=1S/C22H25FN4O4/c23-17-5-3-16(4-6-17)22(28)26-11-9-25(10-12-26)18-7-8-21(27(29)30)20(14-18)24-15-19-2-1-13-31-19/h3-8,14,19,24H,1-2,9-13,15H2/t19-/m0/s1. The third-order valence-electron chi connectivity index (χ3n) is 5.74. The van der Waals surface area contributed by atoms with Gasteiger partial charge in [0.2, 0.25) is 0 Å². The van der Waals surface area contributed by atoms with Crippen molar-refractivity contribution in [1.29, 1.82) is 0 Å². The fourth-order valence-corrected chi connectivity index (χ4v) is 3.99. The Bertz CT molecular complexity index is 939. The number of piperazine rings is 1. The minimum Gasteiger partial charge on any atom is -0.377 e. The fourth-order valence-electron chi connectivity index (χ4n) is 3.99. The first-order valence-corrected chi connectivity index (χ1v) is 10.4. The molecule has 1 N–H and O–H groups in total. The Kier molecular flexibility index (Phi) is 6.31. The molecular formula is C22H25FN4O4. The Morgan fingerprint density at radius 3 is 2.55 bits per heavy atom. The lowest BCUT2D eigenvalue weighted by Crippen LogP contribution is -2.48. The van der Waals surface area contributed by atoms with Crippen molar-refractivity contribution in [2.75, 3.05) is 49.5 Å². The summed E-state index contributed by atoms with van der Waals surface area (Å²) >= 11 is 0. The lowest BCUT2D eigenvalue weighted by molar-refractivity contribution is -0.383. The number of nitrogens with one attached hydrogen (secondary N) is 1. The van der Waals surface area contributed by atoms with Gasteiger partial charge in [-0.05, 0) is 49.2 Å². The summed E-state index contributed by atoms with van der Waals surface area (Å²) in [6.07, 6.45) is 2.03. The van der Waals surface area contributed by atoms with E-state index in [0.717, 1.165) is 25.1 Å². The van der Waals surface area contributed by atoms with Crippen molar-refractivity contribution < 1.29 is 18.8 Å². The minimum absolute atomic E-state index is 0.0341. The maximum atomic E-state index is 13.1. The molecule has 0 bridgehead atoms. The zero-order chi connectivity index (χ0) is 21.8. The molecule has 0 saturated carbocycles. The van der Waals surface area contributed by atoms with Crippen LogP contribution in [0, 0.1) is 15.9 Å². The van der Waals surface area contributed by atoms with Crippen LogP contribution in [-0.2, 0) is 4.74 Å². The fraction of sp³-hybridized carbons (Fsp3) is 0.409. The Balaban J connectivity index is 1.41. The van der Waals surface area contributed by atoms with Crippen molar-refractivity contribution in [3.05, 3.63) is 64.0 Å². The summed E-state index contributed by atoms with van der Waals surface area (Å²) in [5.41, 5.74) is 1.84. The zero-order valence-corrected chi connectivity index (χ0v) is 17.1. The SMILES string of the molecule is O=C(c1ccc(F)cc1)N1CCN(c2ccc([N+](=O)[O-])c(NC[C@@H]3CCCO3)c2)CC1. The molecule has 164 valence electrons. The average molecular weight is 428 g/mol. The van der Waals surface area contributed by atoms with Gasteiger partial charge in [-0.25, -0.2) is 4.39 Å². The van der Waals surface area contributed by atoms with Crippen LogP contribution in [0.4, 0.5) is 21.5 Å². The summed E-state index contributed by atoms with van der Waals surface area (Å²) in [6, 6.07) is 10.6. The van der Waals surface area contributed by atoms with E-state index in [-0.39, 0.29) is 28.4 Å². The number of carbonyl (C=O) groups is 1. The summed E-state index contributed by atoms with van der Waals surface area (Å²) in [7, 11) is 0. The molecule has 2 aliphatic rings. The van der Waals surface area contributed by atoms with Gasteiger partial charge in [-0.15, -0.1) is 0 Å². The Labute approximate surface area is 179 Å². The van der Waals surface area contributed by atoms with E-state index >= 15 is 0 Å². The molecule has 2 saturated heterocycles. The second-order valence-electron chi connectivity index (χ2n) is 7.76. The number of nitrogens with zero attached hydrogens (tertiary/aromatic N) is 3. The van der Waals surface area contributed by atoms with Crippen LogP contribution in [0.3, 0.4) is 0 Å². The van der Waals surface area contributed by atoms with Crippen molar-refractivity contribution in [3.63, 3.8) is 0 Å². The van der Waals surface area contributed by atoms with Gasteiger partial charge in [0.05, 0.1) is 11.0 Å². The summed E-state index contributed by atoms with van der Waals surface area (Å²) < 4.78 is 18.7. The molecule has 2 aromatic rings. The van der Waals surface area contributed by atoms with Gasteiger partial charge in [-0.3, -0.25) is 14.9 Å². The number of benzene rings is 2. The van der Waals surface area contributed by atoms with Gasteiger partial charge in [0, 0.05) is 56.6 Å². The summed E-state index contributed by atoms with van der Waals surface area (Å²) in [4.78, 5) is 27.5. The number of halogens is 1. The van der Waals surface area contributed by atoms with Crippen LogP contribution in [0.25, 0.3) is 0 Å². The highest BCUT2D eigenvalue weighted by atomic mass is 19.1. The highest BCUT2D eigenvalue weighted by Crippen LogP contribution is 2.30. The highest BCUT2D eigenvalue weighted by molar-refractivity contribution is 5.94. The van der Waals surface area contributed by atoms with E-state index < -0.39 is 0 Å². The molecule has 4 rings (SSSR count). The predicted molar refractivity (Wildman–Crippen MR) is 115 cm³/mol. The van der Waals surface area contributed by atoms with E-state index in [4.69, 9.17) is 4.74 Å². The van der Waals surface area contributed by atoms with Crippen LogP contribution in [-0.4, -0.2) is 61.2 Å².